The third-order valence-corrected chi connectivity index (χ3v) is 8.80. The van der Waals surface area contributed by atoms with Gasteiger partial charge in [-0.1, -0.05) is 83.9 Å². The number of benzene rings is 4. The Morgan fingerprint density at radius 3 is 1.34 bits per heavy atom. The summed E-state index contributed by atoms with van der Waals surface area (Å²) < 4.78 is 0. The predicted octanol–water partition coefficient (Wildman–Crippen LogP) is 10.4. The van der Waals surface area contributed by atoms with Crippen molar-refractivity contribution in [1.29, 1.82) is 10.5 Å². The van der Waals surface area contributed by atoms with Gasteiger partial charge in [0.25, 0.3) is 0 Å². The minimum absolute atomic E-state index is 0.541. The Hall–Kier alpha value is -4.62. The summed E-state index contributed by atoms with van der Waals surface area (Å²) in [6.07, 6.45) is 1.08. The van der Waals surface area contributed by atoms with Gasteiger partial charge in [0.15, 0.2) is 0 Å². The Labute approximate surface area is 267 Å². The summed E-state index contributed by atoms with van der Waals surface area (Å²) in [5.74, 6) is 1.55. The molecule has 0 saturated carbocycles. The van der Waals surface area contributed by atoms with Gasteiger partial charge < -0.3 is 0 Å². The van der Waals surface area contributed by atoms with Crippen LogP contribution in [0.1, 0.15) is 24.0 Å². The highest BCUT2D eigenvalue weighted by Gasteiger charge is 2.10. The average Bonchev–Trinajstić information content (AvgIpc) is 3.06. The molecule has 0 radical (unpaired) electrons. The predicted molar refractivity (Wildman–Crippen MR) is 186 cm³/mol. The van der Waals surface area contributed by atoms with Crippen LogP contribution >= 0.6 is 23.5 Å². The van der Waals surface area contributed by atoms with Crippen LogP contribution in [0.15, 0.2) is 119 Å². The molecule has 44 heavy (non-hydrogen) atoms. The molecule has 0 saturated heterocycles. The quantitative estimate of drug-likeness (QED) is 0.126. The number of aromatic nitrogens is 2. The second-order valence-electron chi connectivity index (χ2n) is 10.3. The Morgan fingerprint density at radius 1 is 0.545 bits per heavy atom. The molecule has 0 amide bonds. The van der Waals surface area contributed by atoms with Gasteiger partial charge in [-0.05, 0) is 72.5 Å². The third-order valence-electron chi connectivity index (χ3n) is 6.98. The third kappa shape index (κ3) is 7.85. The minimum Gasteiger partial charge on any atom is -0.241 e. The molecule has 0 N–H and O–H groups in total. The van der Waals surface area contributed by atoms with E-state index in [0.29, 0.717) is 12.8 Å². The lowest BCUT2D eigenvalue weighted by Crippen LogP contribution is -1.90. The second-order valence-corrected chi connectivity index (χ2v) is 12.5. The second kappa shape index (κ2) is 15.2. The van der Waals surface area contributed by atoms with Crippen molar-refractivity contribution in [2.75, 3.05) is 11.5 Å². The molecule has 0 atom stereocenters. The van der Waals surface area contributed by atoms with Crippen molar-refractivity contribution >= 4 is 45.3 Å². The topological polar surface area (TPSA) is 73.4 Å². The van der Waals surface area contributed by atoms with Crippen LogP contribution in [-0.4, -0.2) is 21.5 Å². The number of aryl methyl sites for hydroxylation is 2. The number of hydrogen-bond donors (Lipinski definition) is 0. The fraction of sp³-hybridized carbons (Fsp3) is 0.158. The minimum atomic E-state index is 0.541. The number of rotatable bonds is 8. The van der Waals surface area contributed by atoms with Crippen molar-refractivity contribution in [2.45, 2.75) is 36.7 Å². The van der Waals surface area contributed by atoms with Gasteiger partial charge in [-0.2, -0.15) is 10.5 Å². The Kier molecular flexibility index (Phi) is 10.7. The zero-order chi connectivity index (χ0) is 30.7. The van der Waals surface area contributed by atoms with Gasteiger partial charge in [-0.25, -0.2) is 9.97 Å². The van der Waals surface area contributed by atoms with E-state index in [0.717, 1.165) is 32.6 Å². The summed E-state index contributed by atoms with van der Waals surface area (Å²) in [4.78, 5) is 9.46. The van der Waals surface area contributed by atoms with E-state index in [4.69, 9.17) is 20.5 Å². The van der Waals surface area contributed by atoms with Crippen LogP contribution in [0.4, 0.5) is 0 Å². The summed E-state index contributed by atoms with van der Waals surface area (Å²) in [5.41, 5.74) is 9.28. The summed E-state index contributed by atoms with van der Waals surface area (Å²) in [7, 11) is 0. The van der Waals surface area contributed by atoms with E-state index in [2.05, 4.69) is 123 Å². The van der Waals surface area contributed by atoms with Gasteiger partial charge in [0.2, 0.25) is 0 Å². The Morgan fingerprint density at radius 2 is 0.955 bits per heavy atom. The monoisotopic (exact) mass is 608 g/mol. The van der Waals surface area contributed by atoms with Gasteiger partial charge >= 0.3 is 0 Å². The number of thioether (sulfide) groups is 2. The molecule has 0 aliphatic carbocycles. The summed E-state index contributed by atoms with van der Waals surface area (Å²) in [5, 5.41) is 21.7. The largest absolute Gasteiger partial charge is 0.241 e. The van der Waals surface area contributed by atoms with Gasteiger partial charge in [0, 0.05) is 35.1 Å². The normalized spacial score (nSPS) is 10.5. The molecule has 0 aliphatic heterocycles. The van der Waals surface area contributed by atoms with Gasteiger partial charge in [-0.15, -0.1) is 23.5 Å². The van der Waals surface area contributed by atoms with Crippen LogP contribution in [0.3, 0.4) is 0 Å². The average molecular weight is 609 g/mol. The zero-order valence-corrected chi connectivity index (χ0v) is 26.5. The number of nitrogens with zero attached hydrogens (tertiary/aromatic N) is 4. The van der Waals surface area contributed by atoms with Crippen LogP contribution in [0.2, 0.25) is 0 Å². The van der Waals surface area contributed by atoms with Crippen molar-refractivity contribution in [3.05, 3.63) is 120 Å². The van der Waals surface area contributed by atoms with Gasteiger partial charge in [0.1, 0.15) is 0 Å². The first-order valence-corrected chi connectivity index (χ1v) is 16.5. The highest BCUT2D eigenvalue weighted by Crippen LogP contribution is 2.33. The summed E-state index contributed by atoms with van der Waals surface area (Å²) in [6, 6.07) is 42.1. The maximum atomic E-state index is 8.70. The molecule has 216 valence electrons. The fourth-order valence-electron chi connectivity index (χ4n) is 4.89. The van der Waals surface area contributed by atoms with E-state index in [-0.39, 0.29) is 0 Å². The molecule has 2 heterocycles. The highest BCUT2D eigenvalue weighted by atomic mass is 32.2. The van der Waals surface area contributed by atoms with Gasteiger partial charge in [0.05, 0.1) is 33.2 Å². The van der Waals surface area contributed by atoms with Crippen molar-refractivity contribution in [1.82, 2.24) is 9.97 Å². The molecule has 0 aliphatic rings. The molecule has 2 aromatic heterocycles. The zero-order valence-electron chi connectivity index (χ0n) is 24.8. The lowest BCUT2D eigenvalue weighted by Gasteiger charge is -2.10. The summed E-state index contributed by atoms with van der Waals surface area (Å²) in [6.45, 7) is 4.20. The number of hydrogen-bond acceptors (Lipinski definition) is 6. The van der Waals surface area contributed by atoms with E-state index in [1.807, 2.05) is 12.1 Å². The molecule has 4 nitrogen and oxygen atoms in total. The first kappa shape index (κ1) is 30.8. The molecular weight excluding hydrogens is 577 g/mol. The Balaban J connectivity index is 0.000000175. The smallest absolute Gasteiger partial charge is 0.0974 e. The van der Waals surface area contributed by atoms with Crippen LogP contribution in [0, 0.1) is 36.5 Å². The molecule has 0 bridgehead atoms. The number of pyridine rings is 2. The summed E-state index contributed by atoms with van der Waals surface area (Å²) >= 11 is 3.28. The fourth-order valence-corrected chi connectivity index (χ4v) is 6.43. The van der Waals surface area contributed by atoms with E-state index < -0.39 is 0 Å². The van der Waals surface area contributed by atoms with E-state index in [1.165, 1.54) is 44.2 Å². The van der Waals surface area contributed by atoms with Crippen LogP contribution in [-0.2, 0) is 0 Å². The molecule has 0 unspecified atom stereocenters. The molecule has 0 fully saturated rings. The molecule has 6 rings (SSSR count). The van der Waals surface area contributed by atoms with Crippen LogP contribution < -0.4 is 0 Å². The molecule has 6 heteroatoms. The lowest BCUT2D eigenvalue weighted by atomic mass is 10.0. The van der Waals surface area contributed by atoms with Crippen molar-refractivity contribution in [2.24, 2.45) is 0 Å². The van der Waals surface area contributed by atoms with E-state index >= 15 is 0 Å². The lowest BCUT2D eigenvalue weighted by molar-refractivity contribution is 1.17. The first-order chi connectivity index (χ1) is 21.6. The number of nitriles is 2. The molecule has 0 spiro atoms. The van der Waals surface area contributed by atoms with Crippen LogP contribution in [0.5, 0.6) is 0 Å². The highest BCUT2D eigenvalue weighted by molar-refractivity contribution is 7.99. The molecule has 6 aromatic rings. The maximum absolute atomic E-state index is 8.70. The molecule has 4 aromatic carbocycles. The number of fused-ring (bicyclic) bond motifs is 2. The van der Waals surface area contributed by atoms with Crippen molar-refractivity contribution in [3.8, 4) is 34.4 Å². The van der Waals surface area contributed by atoms with E-state index in [9.17, 15) is 0 Å². The van der Waals surface area contributed by atoms with Crippen molar-refractivity contribution < 1.29 is 0 Å². The SMILES string of the molecule is Cc1ccc2nc(SCCC#N)cc(-c3ccccc3)c2c1.Cc1ccc2nc(SCCC#N)cc(-c3ccccc3)c2c1. The molecular formula is C38H32N4S2. The van der Waals surface area contributed by atoms with E-state index in [1.54, 1.807) is 23.5 Å². The first-order valence-electron chi connectivity index (χ1n) is 14.5. The van der Waals surface area contributed by atoms with Crippen molar-refractivity contribution in [3.63, 3.8) is 0 Å². The standard InChI is InChI=1S/2C19H16N2S/c2*1-14-8-9-18-17(12-14)16(15-6-3-2-4-7-15)13-19(21-18)22-11-5-10-20/h2*2-4,6-9,12-13H,5,11H2,1H3. The maximum Gasteiger partial charge on any atom is 0.0974 e. The van der Waals surface area contributed by atoms with Gasteiger partial charge in [-0.3, -0.25) is 0 Å². The van der Waals surface area contributed by atoms with Crippen LogP contribution in [0.25, 0.3) is 44.1 Å². The Bertz CT molecular complexity index is 1820.